The molecule has 24 heavy (non-hydrogen) atoms. The van der Waals surface area contributed by atoms with Gasteiger partial charge in [-0.3, -0.25) is 9.52 Å². The summed E-state index contributed by atoms with van der Waals surface area (Å²) in [7, 11) is -2.02. The molecule has 3 rings (SSSR count). The fourth-order valence-corrected chi connectivity index (χ4v) is 3.74. The minimum atomic E-state index is -3.62. The first-order valence-corrected chi connectivity index (χ1v) is 9.09. The predicted molar refractivity (Wildman–Crippen MR) is 92.8 cm³/mol. The molecule has 0 unspecified atom stereocenters. The van der Waals surface area contributed by atoms with Crippen LogP contribution in [0.3, 0.4) is 0 Å². The number of amides is 1. The van der Waals surface area contributed by atoms with Crippen LogP contribution < -0.4 is 14.4 Å². The standard InChI is InChI=1S/C17H18N2O4S/c1-12-6-8-13(9-7-12)11-24(21,22)18-14-4-3-5-15-17(14)19(2)16(20)10-23-15/h3-9,18H,10-11H2,1-2H3. The van der Waals surface area contributed by atoms with E-state index < -0.39 is 10.0 Å². The first-order chi connectivity index (χ1) is 11.4. The highest BCUT2D eigenvalue weighted by atomic mass is 32.2. The quantitative estimate of drug-likeness (QED) is 0.922. The van der Waals surface area contributed by atoms with Crippen LogP contribution in [0.2, 0.25) is 0 Å². The molecule has 1 aliphatic heterocycles. The van der Waals surface area contributed by atoms with Crippen molar-refractivity contribution in [2.45, 2.75) is 12.7 Å². The summed E-state index contributed by atoms with van der Waals surface area (Å²) < 4.78 is 32.9. The van der Waals surface area contributed by atoms with Crippen LogP contribution in [0.15, 0.2) is 42.5 Å². The van der Waals surface area contributed by atoms with E-state index in [1.807, 2.05) is 19.1 Å². The minimum absolute atomic E-state index is 0.0525. The Kier molecular flexibility index (Phi) is 4.19. The summed E-state index contributed by atoms with van der Waals surface area (Å²) in [5.74, 6) is 0.107. The zero-order chi connectivity index (χ0) is 17.3. The van der Waals surface area contributed by atoms with Crippen LogP contribution in [0.1, 0.15) is 11.1 Å². The molecule has 0 bridgehead atoms. The van der Waals surface area contributed by atoms with Gasteiger partial charge < -0.3 is 9.64 Å². The van der Waals surface area contributed by atoms with Crippen molar-refractivity contribution >= 4 is 27.3 Å². The monoisotopic (exact) mass is 346 g/mol. The van der Waals surface area contributed by atoms with Crippen LogP contribution >= 0.6 is 0 Å². The first kappa shape index (κ1) is 16.3. The molecule has 1 aliphatic rings. The number of nitrogens with one attached hydrogen (secondary N) is 1. The minimum Gasteiger partial charge on any atom is -0.481 e. The van der Waals surface area contributed by atoms with Gasteiger partial charge in [0.15, 0.2) is 6.61 Å². The van der Waals surface area contributed by atoms with Crippen molar-refractivity contribution in [1.29, 1.82) is 0 Å². The molecule has 0 atom stereocenters. The number of fused-ring (bicyclic) bond motifs is 1. The number of benzene rings is 2. The lowest BCUT2D eigenvalue weighted by Gasteiger charge is -2.28. The lowest BCUT2D eigenvalue weighted by Crippen LogP contribution is -2.36. The van der Waals surface area contributed by atoms with Gasteiger partial charge in [0, 0.05) is 7.05 Å². The van der Waals surface area contributed by atoms with Gasteiger partial charge in [-0.2, -0.15) is 0 Å². The third kappa shape index (κ3) is 3.35. The van der Waals surface area contributed by atoms with E-state index in [0.717, 1.165) is 5.56 Å². The third-order valence-electron chi connectivity index (χ3n) is 3.80. The Bertz CT molecular complexity index is 876. The van der Waals surface area contributed by atoms with Crippen LogP contribution in [-0.4, -0.2) is 28.0 Å². The molecule has 1 N–H and O–H groups in total. The smallest absolute Gasteiger partial charge is 0.264 e. The Labute approximate surface area is 141 Å². The molecule has 0 radical (unpaired) electrons. The van der Waals surface area contributed by atoms with Gasteiger partial charge in [0.25, 0.3) is 5.91 Å². The van der Waals surface area contributed by atoms with E-state index in [1.54, 1.807) is 37.4 Å². The number of hydrogen-bond donors (Lipinski definition) is 1. The van der Waals surface area contributed by atoms with E-state index in [1.165, 1.54) is 4.90 Å². The van der Waals surface area contributed by atoms with Crippen molar-refractivity contribution in [3.8, 4) is 5.75 Å². The largest absolute Gasteiger partial charge is 0.481 e. The molecular formula is C17H18N2O4S. The number of likely N-dealkylation sites (N-methyl/N-ethyl adjacent to an activating group) is 1. The molecule has 126 valence electrons. The lowest BCUT2D eigenvalue weighted by molar-refractivity contribution is -0.120. The molecular weight excluding hydrogens is 328 g/mol. The zero-order valence-electron chi connectivity index (χ0n) is 13.4. The number of rotatable bonds is 4. The van der Waals surface area contributed by atoms with E-state index in [0.29, 0.717) is 22.7 Å². The van der Waals surface area contributed by atoms with Crippen molar-refractivity contribution in [3.05, 3.63) is 53.6 Å². The molecule has 0 saturated heterocycles. The maximum Gasteiger partial charge on any atom is 0.264 e. The number of aryl methyl sites for hydroxylation is 1. The number of nitrogens with zero attached hydrogens (tertiary/aromatic N) is 1. The van der Waals surface area contributed by atoms with Crippen molar-refractivity contribution in [1.82, 2.24) is 0 Å². The van der Waals surface area contributed by atoms with Gasteiger partial charge in [0.2, 0.25) is 10.0 Å². The maximum absolute atomic E-state index is 12.5. The number of para-hydroxylation sites is 1. The van der Waals surface area contributed by atoms with Gasteiger partial charge >= 0.3 is 0 Å². The van der Waals surface area contributed by atoms with Crippen molar-refractivity contribution in [3.63, 3.8) is 0 Å². The summed E-state index contributed by atoms with van der Waals surface area (Å²) >= 11 is 0. The van der Waals surface area contributed by atoms with Crippen LogP contribution in [0.4, 0.5) is 11.4 Å². The highest BCUT2D eigenvalue weighted by Gasteiger charge is 2.26. The van der Waals surface area contributed by atoms with Gasteiger partial charge in [-0.05, 0) is 24.6 Å². The Balaban J connectivity index is 1.88. The molecule has 0 saturated carbocycles. The summed E-state index contributed by atoms with van der Waals surface area (Å²) in [5.41, 5.74) is 2.52. The predicted octanol–water partition coefficient (Wildman–Crippen LogP) is 2.29. The Morgan fingerprint density at radius 3 is 2.58 bits per heavy atom. The van der Waals surface area contributed by atoms with Crippen molar-refractivity contribution < 1.29 is 17.9 Å². The molecule has 0 fully saturated rings. The molecule has 2 aromatic rings. The second-order valence-corrected chi connectivity index (χ2v) is 7.46. The number of hydrogen-bond acceptors (Lipinski definition) is 4. The van der Waals surface area contributed by atoms with Crippen molar-refractivity contribution in [2.24, 2.45) is 0 Å². The van der Waals surface area contributed by atoms with E-state index in [9.17, 15) is 13.2 Å². The van der Waals surface area contributed by atoms with Crippen LogP contribution in [-0.2, 0) is 20.6 Å². The zero-order valence-corrected chi connectivity index (χ0v) is 14.3. The first-order valence-electron chi connectivity index (χ1n) is 7.44. The second kappa shape index (κ2) is 6.16. The van der Waals surface area contributed by atoms with E-state index in [2.05, 4.69) is 4.72 Å². The molecule has 0 spiro atoms. The molecule has 2 aromatic carbocycles. The summed E-state index contributed by atoms with van der Waals surface area (Å²) in [6.07, 6.45) is 0. The van der Waals surface area contributed by atoms with Crippen LogP contribution in [0.5, 0.6) is 5.75 Å². The average molecular weight is 346 g/mol. The Morgan fingerprint density at radius 2 is 1.88 bits per heavy atom. The Hall–Kier alpha value is -2.54. The highest BCUT2D eigenvalue weighted by molar-refractivity contribution is 7.91. The topological polar surface area (TPSA) is 75.7 Å². The number of anilines is 2. The normalized spacial score (nSPS) is 14.1. The lowest BCUT2D eigenvalue weighted by atomic mass is 10.2. The maximum atomic E-state index is 12.5. The number of sulfonamides is 1. The number of ether oxygens (including phenoxy) is 1. The van der Waals surface area contributed by atoms with Crippen LogP contribution in [0, 0.1) is 6.92 Å². The fourth-order valence-electron chi connectivity index (χ4n) is 2.54. The summed E-state index contributed by atoms with van der Waals surface area (Å²) in [6, 6.07) is 12.3. The van der Waals surface area contributed by atoms with Crippen molar-refractivity contribution in [2.75, 3.05) is 23.3 Å². The molecule has 7 heteroatoms. The van der Waals surface area contributed by atoms with Gasteiger partial charge in [0.05, 0.1) is 11.4 Å². The third-order valence-corrected chi connectivity index (χ3v) is 5.05. The van der Waals surface area contributed by atoms with Gasteiger partial charge in [-0.1, -0.05) is 35.9 Å². The average Bonchev–Trinajstić information content (AvgIpc) is 2.53. The van der Waals surface area contributed by atoms with Gasteiger partial charge in [0.1, 0.15) is 11.4 Å². The summed E-state index contributed by atoms with van der Waals surface area (Å²) in [6.45, 7) is 1.89. The summed E-state index contributed by atoms with van der Waals surface area (Å²) in [4.78, 5) is 13.2. The highest BCUT2D eigenvalue weighted by Crippen LogP contribution is 2.38. The second-order valence-electron chi connectivity index (χ2n) is 5.74. The van der Waals surface area contributed by atoms with E-state index >= 15 is 0 Å². The van der Waals surface area contributed by atoms with E-state index in [4.69, 9.17) is 4.74 Å². The molecule has 1 amide bonds. The molecule has 1 heterocycles. The number of carbonyl (C=O) groups excluding carboxylic acids is 1. The van der Waals surface area contributed by atoms with Crippen LogP contribution in [0.25, 0.3) is 0 Å². The van der Waals surface area contributed by atoms with Gasteiger partial charge in [-0.15, -0.1) is 0 Å². The molecule has 0 aliphatic carbocycles. The Morgan fingerprint density at radius 1 is 1.17 bits per heavy atom. The van der Waals surface area contributed by atoms with Gasteiger partial charge in [-0.25, -0.2) is 8.42 Å². The molecule has 0 aromatic heterocycles. The molecule has 6 nitrogen and oxygen atoms in total. The fraction of sp³-hybridized carbons (Fsp3) is 0.235. The number of carbonyl (C=O) groups is 1. The van der Waals surface area contributed by atoms with E-state index in [-0.39, 0.29) is 18.3 Å². The summed E-state index contributed by atoms with van der Waals surface area (Å²) in [5, 5.41) is 0. The SMILES string of the molecule is Cc1ccc(CS(=O)(=O)Nc2cccc3c2N(C)C(=O)CO3)cc1.